The van der Waals surface area contributed by atoms with Crippen LogP contribution in [0.15, 0.2) is 0 Å². The summed E-state index contributed by atoms with van der Waals surface area (Å²) in [5, 5.41) is 6.18. The van der Waals surface area contributed by atoms with E-state index in [-0.39, 0.29) is 24.9 Å². The Bertz CT molecular complexity index is 734. The monoisotopic (exact) mass is 425 g/mol. The Labute approximate surface area is 175 Å². The van der Waals surface area contributed by atoms with E-state index in [1.54, 1.807) is 19.1 Å². The van der Waals surface area contributed by atoms with Crippen molar-refractivity contribution in [1.29, 1.82) is 0 Å². The van der Waals surface area contributed by atoms with E-state index in [1.165, 1.54) is 18.4 Å². The predicted octanol–water partition coefficient (Wildman–Crippen LogP) is 1.68. The molecule has 2 rings (SSSR count). The van der Waals surface area contributed by atoms with E-state index < -0.39 is 5.97 Å². The number of anilines is 1. The van der Waals surface area contributed by atoms with Gasteiger partial charge in [0.15, 0.2) is 0 Å². The number of carbonyl (C=O) groups excluding carboxylic acids is 3. The smallest absolute Gasteiger partial charge is 0.341 e. The largest absolute Gasteiger partial charge is 0.465 e. The molecule has 0 saturated heterocycles. The summed E-state index contributed by atoms with van der Waals surface area (Å²) >= 11 is 1.45. The van der Waals surface area contributed by atoms with Crippen LogP contribution >= 0.6 is 11.3 Å². The van der Waals surface area contributed by atoms with E-state index >= 15 is 0 Å². The minimum atomic E-state index is -0.420. The highest BCUT2D eigenvalue weighted by molar-refractivity contribution is 7.17. The molecular weight excluding hydrogens is 394 g/mol. The number of nitrogens with one attached hydrogen (secondary N) is 2. The van der Waals surface area contributed by atoms with Crippen LogP contribution in [-0.2, 0) is 31.9 Å². The van der Waals surface area contributed by atoms with Crippen molar-refractivity contribution in [2.24, 2.45) is 5.92 Å². The van der Waals surface area contributed by atoms with Crippen LogP contribution in [0.3, 0.4) is 0 Å². The molecule has 1 aromatic rings. The topological polar surface area (TPSA) is 97.0 Å². The van der Waals surface area contributed by atoms with Crippen LogP contribution in [0.5, 0.6) is 0 Å². The lowest BCUT2D eigenvalue weighted by molar-refractivity contribution is -0.123. The zero-order valence-corrected chi connectivity index (χ0v) is 18.4. The summed E-state index contributed by atoms with van der Waals surface area (Å²) < 4.78 is 9.88. The molecular formula is C20H31N3O5S. The maximum atomic E-state index is 12.5. The van der Waals surface area contributed by atoms with Gasteiger partial charge in [0.1, 0.15) is 5.00 Å². The average molecular weight is 426 g/mol. The second kappa shape index (κ2) is 11.3. The summed E-state index contributed by atoms with van der Waals surface area (Å²) in [6.45, 7) is 3.47. The van der Waals surface area contributed by atoms with E-state index in [0.717, 1.165) is 36.1 Å². The van der Waals surface area contributed by atoms with Crippen molar-refractivity contribution < 1.29 is 23.9 Å². The second-order valence-electron chi connectivity index (χ2n) is 7.46. The Morgan fingerprint density at radius 3 is 2.62 bits per heavy atom. The molecule has 8 nitrogen and oxygen atoms in total. The first-order valence-electron chi connectivity index (χ1n) is 9.82. The molecule has 2 N–H and O–H groups in total. The van der Waals surface area contributed by atoms with Gasteiger partial charge in [-0.2, -0.15) is 0 Å². The van der Waals surface area contributed by atoms with E-state index in [9.17, 15) is 14.4 Å². The van der Waals surface area contributed by atoms with Gasteiger partial charge < -0.3 is 20.1 Å². The van der Waals surface area contributed by atoms with Gasteiger partial charge in [-0.3, -0.25) is 14.5 Å². The molecule has 0 aliphatic heterocycles. The normalized spacial score (nSPS) is 15.7. The minimum absolute atomic E-state index is 0.0467. The maximum absolute atomic E-state index is 12.5. The second-order valence-corrected chi connectivity index (χ2v) is 8.57. The van der Waals surface area contributed by atoms with Crippen LogP contribution in [0.1, 0.15) is 40.6 Å². The number of hydrogen-bond acceptors (Lipinski definition) is 7. The number of methoxy groups -OCH3 is 2. The summed E-state index contributed by atoms with van der Waals surface area (Å²) in [5.74, 6) is -0.274. The van der Waals surface area contributed by atoms with E-state index in [1.807, 2.05) is 0 Å². The predicted molar refractivity (Wildman–Crippen MR) is 112 cm³/mol. The highest BCUT2D eigenvalue weighted by atomic mass is 32.1. The number of fused-ring (bicyclic) bond motifs is 1. The van der Waals surface area contributed by atoms with Crippen LogP contribution in [0, 0.1) is 5.92 Å². The first-order chi connectivity index (χ1) is 13.8. The summed E-state index contributed by atoms with van der Waals surface area (Å²) in [4.78, 5) is 39.5. The molecule has 1 aromatic heterocycles. The van der Waals surface area contributed by atoms with Gasteiger partial charge in [-0.15, -0.1) is 11.3 Å². The number of nitrogens with zero attached hydrogens (tertiary/aromatic N) is 1. The van der Waals surface area contributed by atoms with Gasteiger partial charge in [-0.25, -0.2) is 4.79 Å². The Hall–Kier alpha value is -1.97. The number of amides is 2. The van der Waals surface area contributed by atoms with E-state index in [2.05, 4.69) is 17.6 Å². The van der Waals surface area contributed by atoms with E-state index in [4.69, 9.17) is 9.47 Å². The molecule has 0 aromatic carbocycles. The van der Waals surface area contributed by atoms with Gasteiger partial charge in [0.2, 0.25) is 11.8 Å². The third kappa shape index (κ3) is 6.80. The summed E-state index contributed by atoms with van der Waals surface area (Å²) in [6.07, 6.45) is 3.48. The lowest BCUT2D eigenvalue weighted by Gasteiger charge is -2.18. The van der Waals surface area contributed by atoms with Gasteiger partial charge in [-0.1, -0.05) is 6.92 Å². The lowest BCUT2D eigenvalue weighted by Crippen LogP contribution is -2.39. The number of esters is 1. The molecule has 0 fully saturated rings. The maximum Gasteiger partial charge on any atom is 0.341 e. The van der Waals surface area contributed by atoms with Crippen LogP contribution < -0.4 is 10.6 Å². The molecule has 9 heteroatoms. The van der Waals surface area contributed by atoms with Crippen molar-refractivity contribution in [3.8, 4) is 0 Å². The number of likely N-dealkylation sites (N-methyl/N-ethyl adjacent to an activating group) is 1. The van der Waals surface area contributed by atoms with Crippen LogP contribution in [0.2, 0.25) is 0 Å². The third-order valence-corrected chi connectivity index (χ3v) is 6.00. The van der Waals surface area contributed by atoms with Gasteiger partial charge in [0, 0.05) is 25.1 Å². The fourth-order valence-corrected chi connectivity index (χ4v) is 4.78. The Morgan fingerprint density at radius 2 is 1.93 bits per heavy atom. The van der Waals surface area contributed by atoms with Crippen LogP contribution in [0.4, 0.5) is 5.00 Å². The first-order valence-corrected chi connectivity index (χ1v) is 10.6. The molecule has 1 heterocycles. The number of hydrogen-bond donors (Lipinski definition) is 2. The van der Waals surface area contributed by atoms with Gasteiger partial charge in [0.25, 0.3) is 0 Å². The molecule has 2 amide bonds. The number of ether oxygens (including phenoxy) is 2. The number of rotatable bonds is 10. The minimum Gasteiger partial charge on any atom is -0.465 e. The SMILES string of the molecule is COCCCNC(=O)CN(C)CC(=O)Nc1sc2c(c1C(=O)OC)CCC(C)C2. The standard InChI is InChI=1S/C20H31N3O5S/c1-13-6-7-14-15(10-13)29-19(18(14)20(26)28-4)22-17(25)12-23(2)11-16(24)21-8-5-9-27-3/h13H,5-12H2,1-4H3,(H,21,24)(H,22,25). The zero-order chi connectivity index (χ0) is 21.4. The van der Waals surface area contributed by atoms with Crippen molar-refractivity contribution in [3.05, 3.63) is 16.0 Å². The Balaban J connectivity index is 1.94. The van der Waals surface area contributed by atoms with Gasteiger partial charge in [0.05, 0.1) is 25.8 Å². The molecule has 162 valence electrons. The first kappa shape index (κ1) is 23.3. The van der Waals surface area contributed by atoms with Crippen molar-refractivity contribution in [3.63, 3.8) is 0 Å². The number of carbonyl (C=O) groups is 3. The summed E-state index contributed by atoms with van der Waals surface area (Å²) in [6, 6.07) is 0. The Morgan fingerprint density at radius 1 is 1.21 bits per heavy atom. The van der Waals surface area contributed by atoms with Gasteiger partial charge >= 0.3 is 5.97 Å². The fraction of sp³-hybridized carbons (Fsp3) is 0.650. The van der Waals surface area contributed by atoms with Crippen molar-refractivity contribution in [1.82, 2.24) is 10.2 Å². The summed E-state index contributed by atoms with van der Waals surface area (Å²) in [7, 11) is 4.67. The van der Waals surface area contributed by atoms with Crippen LogP contribution in [0.25, 0.3) is 0 Å². The summed E-state index contributed by atoms with van der Waals surface area (Å²) in [5.41, 5.74) is 1.48. The lowest BCUT2D eigenvalue weighted by atomic mass is 9.88. The Kier molecular flexibility index (Phi) is 9.06. The molecule has 0 radical (unpaired) electrons. The molecule has 1 atom stereocenters. The molecule has 1 aliphatic rings. The third-order valence-electron chi connectivity index (χ3n) is 4.83. The average Bonchev–Trinajstić information content (AvgIpc) is 3.00. The van der Waals surface area contributed by atoms with Crippen LogP contribution in [-0.4, -0.2) is 70.2 Å². The molecule has 1 aliphatic carbocycles. The van der Waals surface area contributed by atoms with Crippen molar-refractivity contribution in [2.45, 2.75) is 32.6 Å². The molecule has 0 saturated carbocycles. The highest BCUT2D eigenvalue weighted by Gasteiger charge is 2.29. The van der Waals surface area contributed by atoms with E-state index in [0.29, 0.717) is 29.6 Å². The molecule has 0 spiro atoms. The van der Waals surface area contributed by atoms with Crippen molar-refractivity contribution in [2.75, 3.05) is 52.8 Å². The van der Waals surface area contributed by atoms with Crippen molar-refractivity contribution >= 4 is 34.1 Å². The number of thiophene rings is 1. The zero-order valence-electron chi connectivity index (χ0n) is 17.6. The molecule has 29 heavy (non-hydrogen) atoms. The fourth-order valence-electron chi connectivity index (χ4n) is 3.37. The quantitative estimate of drug-likeness (QED) is 0.437. The molecule has 0 bridgehead atoms. The van der Waals surface area contributed by atoms with Gasteiger partial charge in [-0.05, 0) is 44.2 Å². The molecule has 1 unspecified atom stereocenters. The highest BCUT2D eigenvalue weighted by Crippen LogP contribution is 2.39.